The van der Waals surface area contributed by atoms with Gasteiger partial charge in [0, 0.05) is 5.56 Å². The second kappa shape index (κ2) is 7.66. The van der Waals surface area contributed by atoms with Crippen LogP contribution in [0.2, 0.25) is 5.02 Å². The number of halogens is 1. The van der Waals surface area contributed by atoms with Crippen LogP contribution in [0.5, 0.6) is 0 Å². The molecule has 0 aliphatic heterocycles. The Bertz CT molecular complexity index is 910. The van der Waals surface area contributed by atoms with E-state index >= 15 is 0 Å². The fourth-order valence-electron chi connectivity index (χ4n) is 2.70. The van der Waals surface area contributed by atoms with Gasteiger partial charge in [0.1, 0.15) is 6.54 Å². The molecule has 0 radical (unpaired) electrons. The number of aryl methyl sites for hydroxylation is 3. The number of tetrazole rings is 1. The number of carbonyl (C=O) groups excluding carboxylic acids is 1. The van der Waals surface area contributed by atoms with Crippen LogP contribution in [0.1, 0.15) is 23.6 Å². The van der Waals surface area contributed by atoms with E-state index in [2.05, 4.69) is 27.7 Å². The van der Waals surface area contributed by atoms with Crippen molar-refractivity contribution >= 4 is 23.2 Å². The highest BCUT2D eigenvalue weighted by Gasteiger charge is 2.12. The van der Waals surface area contributed by atoms with Gasteiger partial charge in [-0.15, -0.1) is 10.2 Å². The first-order chi connectivity index (χ1) is 12.5. The molecule has 0 saturated carbocycles. The minimum absolute atomic E-state index is 0.0380. The third-order valence-electron chi connectivity index (χ3n) is 4.05. The molecule has 0 bridgehead atoms. The molecule has 7 heteroatoms. The summed E-state index contributed by atoms with van der Waals surface area (Å²) in [7, 11) is 0. The smallest absolute Gasteiger partial charge is 0.248 e. The van der Waals surface area contributed by atoms with Crippen molar-refractivity contribution in [3.05, 3.63) is 58.1 Å². The Morgan fingerprint density at radius 1 is 1.19 bits per heavy atom. The topological polar surface area (TPSA) is 72.7 Å². The molecule has 134 valence electrons. The van der Waals surface area contributed by atoms with E-state index in [0.717, 1.165) is 23.1 Å². The molecular formula is C19H20ClN5O. The van der Waals surface area contributed by atoms with Crippen molar-refractivity contribution in [2.45, 2.75) is 33.7 Å². The molecule has 0 aliphatic rings. The molecule has 6 nitrogen and oxygen atoms in total. The van der Waals surface area contributed by atoms with Crippen molar-refractivity contribution in [1.82, 2.24) is 20.2 Å². The highest BCUT2D eigenvalue weighted by Crippen LogP contribution is 2.27. The van der Waals surface area contributed by atoms with Crippen molar-refractivity contribution in [2.75, 3.05) is 5.32 Å². The number of anilines is 1. The van der Waals surface area contributed by atoms with Gasteiger partial charge < -0.3 is 5.32 Å². The van der Waals surface area contributed by atoms with E-state index in [4.69, 9.17) is 11.6 Å². The Morgan fingerprint density at radius 3 is 2.58 bits per heavy atom. The average Bonchev–Trinajstić information content (AvgIpc) is 3.06. The second-order valence-corrected chi connectivity index (χ2v) is 6.59. The van der Waals surface area contributed by atoms with Crippen LogP contribution in [-0.2, 0) is 17.8 Å². The van der Waals surface area contributed by atoms with E-state index in [1.807, 2.05) is 50.2 Å². The van der Waals surface area contributed by atoms with Gasteiger partial charge in [0.25, 0.3) is 0 Å². The summed E-state index contributed by atoms with van der Waals surface area (Å²) in [5.74, 6) is 0.231. The third-order valence-corrected chi connectivity index (χ3v) is 4.35. The van der Waals surface area contributed by atoms with Gasteiger partial charge in [0.05, 0.1) is 10.7 Å². The van der Waals surface area contributed by atoms with Crippen LogP contribution in [0.15, 0.2) is 36.4 Å². The fraction of sp³-hybridized carbons (Fsp3) is 0.263. The Morgan fingerprint density at radius 2 is 1.92 bits per heavy atom. The average molecular weight is 370 g/mol. The monoisotopic (exact) mass is 369 g/mol. The Balaban J connectivity index is 1.70. The number of nitrogens with zero attached hydrogens (tertiary/aromatic N) is 4. The van der Waals surface area contributed by atoms with Crippen molar-refractivity contribution in [3.8, 4) is 11.4 Å². The summed E-state index contributed by atoms with van der Waals surface area (Å²) >= 11 is 6.23. The highest BCUT2D eigenvalue weighted by molar-refractivity contribution is 6.34. The molecule has 0 unspecified atom stereocenters. The molecule has 0 spiro atoms. The Hall–Kier alpha value is -2.73. The number of amides is 1. The van der Waals surface area contributed by atoms with Crippen LogP contribution in [-0.4, -0.2) is 26.1 Å². The predicted octanol–water partition coefficient (Wildman–Crippen LogP) is 3.81. The lowest BCUT2D eigenvalue weighted by atomic mass is 10.1. The number of carbonyl (C=O) groups is 1. The van der Waals surface area contributed by atoms with Crippen LogP contribution < -0.4 is 5.32 Å². The number of hydrogen-bond donors (Lipinski definition) is 1. The van der Waals surface area contributed by atoms with Crippen LogP contribution in [0.3, 0.4) is 0 Å². The number of rotatable bonds is 5. The maximum atomic E-state index is 12.3. The molecule has 1 amide bonds. The molecule has 3 rings (SSSR count). The van der Waals surface area contributed by atoms with E-state index < -0.39 is 0 Å². The van der Waals surface area contributed by atoms with E-state index in [1.54, 1.807) is 0 Å². The van der Waals surface area contributed by atoms with E-state index in [0.29, 0.717) is 16.5 Å². The number of benzene rings is 2. The first-order valence-corrected chi connectivity index (χ1v) is 8.77. The molecule has 26 heavy (non-hydrogen) atoms. The lowest BCUT2D eigenvalue weighted by Crippen LogP contribution is -2.21. The third kappa shape index (κ3) is 4.08. The largest absolute Gasteiger partial charge is 0.323 e. The molecular weight excluding hydrogens is 350 g/mol. The van der Waals surface area contributed by atoms with Gasteiger partial charge in [-0.05, 0) is 48.2 Å². The van der Waals surface area contributed by atoms with Gasteiger partial charge in [-0.3, -0.25) is 4.79 Å². The molecule has 1 heterocycles. The summed E-state index contributed by atoms with van der Waals surface area (Å²) in [4.78, 5) is 13.6. The van der Waals surface area contributed by atoms with Gasteiger partial charge in [0.15, 0.2) is 0 Å². The Kier molecular flexibility index (Phi) is 5.32. The zero-order chi connectivity index (χ0) is 18.7. The molecule has 1 N–H and O–H groups in total. The van der Waals surface area contributed by atoms with Crippen LogP contribution in [0, 0.1) is 13.8 Å². The zero-order valence-corrected chi connectivity index (χ0v) is 15.7. The SMILES string of the molecule is CCc1ccc(-c2nnn(CC(=O)Nc3c(C)cc(C)cc3Cl)n2)cc1. The van der Waals surface area contributed by atoms with Crippen molar-refractivity contribution < 1.29 is 4.79 Å². The van der Waals surface area contributed by atoms with E-state index in [1.165, 1.54) is 10.4 Å². The van der Waals surface area contributed by atoms with E-state index in [9.17, 15) is 4.79 Å². The second-order valence-electron chi connectivity index (χ2n) is 6.18. The predicted molar refractivity (Wildman–Crippen MR) is 102 cm³/mol. The summed E-state index contributed by atoms with van der Waals surface area (Å²) < 4.78 is 0. The first-order valence-electron chi connectivity index (χ1n) is 8.40. The fourth-order valence-corrected chi connectivity index (χ4v) is 3.07. The lowest BCUT2D eigenvalue weighted by molar-refractivity contribution is -0.117. The number of aromatic nitrogens is 4. The number of hydrogen-bond acceptors (Lipinski definition) is 4. The zero-order valence-electron chi connectivity index (χ0n) is 15.0. The molecule has 1 aromatic heterocycles. The standard InChI is InChI=1S/C19H20ClN5O/c1-4-14-5-7-15(8-6-14)19-22-24-25(23-19)11-17(26)21-18-13(3)9-12(2)10-16(18)20/h5-10H,4,11H2,1-3H3,(H,21,26). The molecule has 0 aliphatic carbocycles. The normalized spacial score (nSPS) is 10.8. The highest BCUT2D eigenvalue weighted by atomic mass is 35.5. The van der Waals surface area contributed by atoms with Gasteiger partial charge in [-0.25, -0.2) is 0 Å². The molecule has 0 fully saturated rings. The Labute approximate surface area is 157 Å². The van der Waals surface area contributed by atoms with Gasteiger partial charge in [0.2, 0.25) is 11.7 Å². The summed E-state index contributed by atoms with van der Waals surface area (Å²) in [5, 5.41) is 15.6. The van der Waals surface area contributed by atoms with Crippen molar-refractivity contribution in [2.24, 2.45) is 0 Å². The van der Waals surface area contributed by atoms with Crippen LogP contribution in [0.4, 0.5) is 5.69 Å². The maximum absolute atomic E-state index is 12.3. The number of nitrogens with one attached hydrogen (secondary N) is 1. The molecule has 0 atom stereocenters. The lowest BCUT2D eigenvalue weighted by Gasteiger charge is -2.11. The summed E-state index contributed by atoms with van der Waals surface area (Å²) in [6.45, 7) is 5.92. The van der Waals surface area contributed by atoms with Crippen molar-refractivity contribution in [1.29, 1.82) is 0 Å². The summed E-state index contributed by atoms with van der Waals surface area (Å²) in [6.07, 6.45) is 0.974. The minimum atomic E-state index is -0.260. The quantitative estimate of drug-likeness (QED) is 0.742. The first kappa shape index (κ1) is 18.1. The minimum Gasteiger partial charge on any atom is -0.323 e. The van der Waals surface area contributed by atoms with Crippen LogP contribution >= 0.6 is 11.6 Å². The van der Waals surface area contributed by atoms with Crippen LogP contribution in [0.25, 0.3) is 11.4 Å². The molecule has 3 aromatic rings. The summed E-state index contributed by atoms with van der Waals surface area (Å²) in [5.41, 5.74) is 4.67. The van der Waals surface area contributed by atoms with Gasteiger partial charge in [-0.1, -0.05) is 48.9 Å². The van der Waals surface area contributed by atoms with E-state index in [-0.39, 0.29) is 12.5 Å². The molecule has 0 saturated heterocycles. The van der Waals surface area contributed by atoms with Gasteiger partial charge >= 0.3 is 0 Å². The van der Waals surface area contributed by atoms with Gasteiger partial charge in [-0.2, -0.15) is 4.80 Å². The molecule has 2 aromatic carbocycles. The van der Waals surface area contributed by atoms with Crippen molar-refractivity contribution in [3.63, 3.8) is 0 Å². The summed E-state index contributed by atoms with van der Waals surface area (Å²) in [6, 6.07) is 11.8. The maximum Gasteiger partial charge on any atom is 0.248 e.